The van der Waals surface area contributed by atoms with Crippen molar-refractivity contribution in [3.63, 3.8) is 0 Å². The van der Waals surface area contributed by atoms with E-state index in [1.165, 1.54) is 0 Å². The highest BCUT2D eigenvalue weighted by Crippen LogP contribution is 2.28. The lowest BCUT2D eigenvalue weighted by molar-refractivity contribution is 0.415. The van der Waals surface area contributed by atoms with Gasteiger partial charge in [-0.3, -0.25) is 0 Å². The minimum Gasteiger partial charge on any atom is -0.495 e. The average molecular weight is 664 g/mol. The number of nitrogens with zero attached hydrogens (tertiary/aromatic N) is 6. The van der Waals surface area contributed by atoms with Gasteiger partial charge in [0.05, 0.1) is 24.3 Å². The molecule has 0 aliphatic rings. The Balaban J connectivity index is 0.000000307. The molecule has 4 aromatic rings. The van der Waals surface area contributed by atoms with Crippen LogP contribution in [0.15, 0.2) is 36.4 Å². The normalized spacial score (nSPS) is 9.61. The molecule has 0 bridgehead atoms. The quantitative estimate of drug-likeness (QED) is 0.207. The maximum Gasteiger partial charge on any atom is 0.232 e. The first-order valence-electron chi connectivity index (χ1n) is 9.50. The standard InChI is InChI=1S/C10H7Cl3N4O.C7H8ClNO.C3Cl3N3.CH4/c1-18-7-3-2-5(4-6(7)11)14-10-16-8(12)15-9(13)17-10;1-10-7-3-2-5(9)4-6(7)8;4-1-7-2(5)9-3(6)8-1;/h2-4H,1H3,(H,14,15,16,17);2-4H,9H2,1H3;;1H4. The van der Waals surface area contributed by atoms with Gasteiger partial charge in [-0.1, -0.05) is 30.6 Å². The molecule has 0 fully saturated rings. The summed E-state index contributed by atoms with van der Waals surface area (Å²) in [5.41, 5.74) is 6.77. The fraction of sp³-hybridized carbons (Fsp3) is 0.143. The maximum atomic E-state index is 5.99. The molecule has 3 N–H and O–H groups in total. The lowest BCUT2D eigenvalue weighted by Gasteiger charge is -2.07. The third-order valence-electron chi connectivity index (χ3n) is 3.72. The van der Waals surface area contributed by atoms with Crippen LogP contribution < -0.4 is 20.5 Å². The molecule has 0 saturated carbocycles. The molecule has 2 heterocycles. The van der Waals surface area contributed by atoms with E-state index >= 15 is 0 Å². The zero-order valence-corrected chi connectivity index (χ0v) is 24.0. The Labute approximate surface area is 253 Å². The third kappa shape index (κ3) is 11.6. The van der Waals surface area contributed by atoms with Crippen LogP contribution in [0, 0.1) is 0 Å². The summed E-state index contributed by atoms with van der Waals surface area (Å²) in [6.45, 7) is 0. The van der Waals surface area contributed by atoms with Gasteiger partial charge in [-0.2, -0.15) is 29.9 Å². The number of benzene rings is 2. The van der Waals surface area contributed by atoms with E-state index in [0.29, 0.717) is 32.9 Å². The predicted octanol–water partition coefficient (Wildman–Crippen LogP) is 7.98. The van der Waals surface area contributed by atoms with Crippen molar-refractivity contribution in [1.82, 2.24) is 29.9 Å². The van der Waals surface area contributed by atoms with Crippen molar-refractivity contribution in [2.75, 3.05) is 25.3 Å². The molecule has 0 aliphatic carbocycles. The molecular formula is C21H19Cl7N8O2. The molecule has 0 atom stereocenters. The molecule has 204 valence electrons. The number of rotatable bonds is 4. The predicted molar refractivity (Wildman–Crippen MR) is 155 cm³/mol. The Morgan fingerprint density at radius 3 is 1.39 bits per heavy atom. The van der Waals surface area contributed by atoms with Crippen molar-refractivity contribution in [2.24, 2.45) is 0 Å². The molecule has 2 aromatic carbocycles. The molecule has 0 radical (unpaired) electrons. The number of hydrogen-bond donors (Lipinski definition) is 2. The fourth-order valence-electron chi connectivity index (χ4n) is 2.24. The molecule has 17 heteroatoms. The Morgan fingerprint density at radius 2 is 1.00 bits per heavy atom. The van der Waals surface area contributed by atoms with Gasteiger partial charge < -0.3 is 20.5 Å². The van der Waals surface area contributed by atoms with Crippen LogP contribution in [0.2, 0.25) is 36.5 Å². The summed E-state index contributed by atoms with van der Waals surface area (Å²) in [5, 5.41) is 3.94. The van der Waals surface area contributed by atoms with Crippen LogP contribution in [-0.4, -0.2) is 44.1 Å². The summed E-state index contributed by atoms with van der Waals surface area (Å²) < 4.78 is 9.96. The molecule has 10 nitrogen and oxygen atoms in total. The molecular weight excluding hydrogens is 644 g/mol. The minimum absolute atomic E-state index is 0. The van der Waals surface area contributed by atoms with E-state index in [2.05, 4.69) is 35.2 Å². The van der Waals surface area contributed by atoms with E-state index in [4.69, 9.17) is 96.4 Å². The first kappa shape index (κ1) is 33.7. The largest absolute Gasteiger partial charge is 0.495 e. The van der Waals surface area contributed by atoms with E-state index < -0.39 is 0 Å². The van der Waals surface area contributed by atoms with Gasteiger partial charge in [-0.05, 0) is 94.4 Å². The number of nitrogens with one attached hydrogen (secondary N) is 1. The van der Waals surface area contributed by atoms with Crippen LogP contribution in [-0.2, 0) is 0 Å². The van der Waals surface area contributed by atoms with Gasteiger partial charge in [0.25, 0.3) is 0 Å². The first-order valence-corrected chi connectivity index (χ1v) is 12.1. The van der Waals surface area contributed by atoms with Gasteiger partial charge in [0.1, 0.15) is 11.5 Å². The van der Waals surface area contributed by atoms with Crippen molar-refractivity contribution < 1.29 is 9.47 Å². The Hall–Kier alpha value is -2.31. The van der Waals surface area contributed by atoms with Gasteiger partial charge in [0.2, 0.25) is 32.4 Å². The maximum absolute atomic E-state index is 5.99. The van der Waals surface area contributed by atoms with Crippen LogP contribution in [0.25, 0.3) is 0 Å². The summed E-state index contributed by atoms with van der Waals surface area (Å²) in [6, 6.07) is 10.3. The highest BCUT2D eigenvalue weighted by molar-refractivity contribution is 6.34. The number of ether oxygens (including phenoxy) is 2. The van der Waals surface area contributed by atoms with Crippen LogP contribution in [0.3, 0.4) is 0 Å². The molecule has 38 heavy (non-hydrogen) atoms. The first-order chi connectivity index (χ1) is 17.5. The zero-order valence-electron chi connectivity index (χ0n) is 18.7. The SMILES string of the molecule is C.COc1ccc(N)cc1Cl.COc1ccc(Nc2nc(Cl)nc(Cl)n2)cc1Cl.Clc1nc(Cl)nc(Cl)n1. The van der Waals surface area contributed by atoms with Crippen LogP contribution >= 0.6 is 81.2 Å². The van der Waals surface area contributed by atoms with Gasteiger partial charge in [0, 0.05) is 11.4 Å². The lowest BCUT2D eigenvalue weighted by atomic mass is 10.3. The van der Waals surface area contributed by atoms with Crippen LogP contribution in [0.5, 0.6) is 11.5 Å². The smallest absolute Gasteiger partial charge is 0.232 e. The van der Waals surface area contributed by atoms with Crippen molar-refractivity contribution in [1.29, 1.82) is 0 Å². The number of nitrogen functional groups attached to an aromatic ring is 1. The second-order valence-electron chi connectivity index (χ2n) is 6.21. The van der Waals surface area contributed by atoms with Gasteiger partial charge in [0.15, 0.2) is 0 Å². The summed E-state index contributed by atoms with van der Waals surface area (Å²) in [7, 11) is 3.11. The summed E-state index contributed by atoms with van der Waals surface area (Å²) >= 11 is 39.0. The Kier molecular flexibility index (Phi) is 14.7. The monoisotopic (exact) mass is 660 g/mol. The molecule has 4 rings (SSSR count). The number of halogens is 7. The molecule has 2 aromatic heterocycles. The molecule has 0 aliphatic heterocycles. The number of anilines is 3. The van der Waals surface area contributed by atoms with Gasteiger partial charge in [-0.15, -0.1) is 0 Å². The second-order valence-corrected chi connectivity index (χ2v) is 8.71. The molecule has 0 saturated heterocycles. The van der Waals surface area contributed by atoms with Gasteiger partial charge in [-0.25, -0.2) is 0 Å². The fourth-order valence-corrected chi connectivity index (χ4v) is 3.74. The lowest BCUT2D eigenvalue weighted by Crippen LogP contribution is -1.99. The van der Waals surface area contributed by atoms with E-state index in [1.54, 1.807) is 50.6 Å². The highest BCUT2D eigenvalue weighted by atomic mass is 35.5. The Bertz CT molecular complexity index is 1280. The second kappa shape index (κ2) is 16.6. The Morgan fingerprint density at radius 1 is 0.605 bits per heavy atom. The van der Waals surface area contributed by atoms with Crippen molar-refractivity contribution >= 4 is 98.5 Å². The summed E-state index contributed by atoms with van der Waals surface area (Å²) in [4.78, 5) is 21.8. The molecule has 0 amide bonds. The van der Waals surface area contributed by atoms with Crippen molar-refractivity contribution in [3.8, 4) is 11.5 Å². The number of aromatic nitrogens is 6. The molecule has 0 unspecified atom stereocenters. The third-order valence-corrected chi connectivity index (χ3v) is 5.15. The van der Waals surface area contributed by atoms with Gasteiger partial charge >= 0.3 is 0 Å². The van der Waals surface area contributed by atoms with E-state index in [1.807, 2.05) is 0 Å². The summed E-state index contributed by atoms with van der Waals surface area (Å²) in [6.07, 6.45) is 0. The topological polar surface area (TPSA) is 134 Å². The minimum atomic E-state index is 0. The summed E-state index contributed by atoms with van der Waals surface area (Å²) in [5.74, 6) is 1.46. The van der Waals surface area contributed by atoms with Crippen molar-refractivity contribution in [3.05, 3.63) is 72.9 Å². The van der Waals surface area contributed by atoms with Crippen LogP contribution in [0.4, 0.5) is 17.3 Å². The number of hydrogen-bond acceptors (Lipinski definition) is 10. The van der Waals surface area contributed by atoms with Crippen molar-refractivity contribution in [2.45, 2.75) is 7.43 Å². The van der Waals surface area contributed by atoms with Crippen LogP contribution in [0.1, 0.15) is 7.43 Å². The molecule has 0 spiro atoms. The van der Waals surface area contributed by atoms with E-state index in [0.717, 1.165) is 0 Å². The van der Waals surface area contributed by atoms with E-state index in [-0.39, 0.29) is 39.8 Å². The average Bonchev–Trinajstić information content (AvgIpc) is 2.78. The highest BCUT2D eigenvalue weighted by Gasteiger charge is 2.06. The van der Waals surface area contributed by atoms with E-state index in [9.17, 15) is 0 Å². The number of methoxy groups -OCH3 is 2. The number of nitrogens with two attached hydrogens (primary N) is 1. The zero-order chi connectivity index (χ0) is 27.5.